The van der Waals surface area contributed by atoms with Crippen LogP contribution in [-0.4, -0.2) is 18.0 Å². The Labute approximate surface area is 161 Å². The number of esters is 1. The van der Waals surface area contributed by atoms with E-state index in [2.05, 4.69) is 5.32 Å². The molecule has 0 aromatic heterocycles. The van der Waals surface area contributed by atoms with Crippen molar-refractivity contribution in [1.29, 1.82) is 0 Å². The fourth-order valence-electron chi connectivity index (χ4n) is 4.04. The Bertz CT molecular complexity index is 1090. The van der Waals surface area contributed by atoms with Crippen molar-refractivity contribution in [2.24, 2.45) is 0 Å². The summed E-state index contributed by atoms with van der Waals surface area (Å²) in [6, 6.07) is 22.2. The van der Waals surface area contributed by atoms with E-state index in [4.69, 9.17) is 4.74 Å². The first-order valence-electron chi connectivity index (χ1n) is 8.83. The van der Waals surface area contributed by atoms with Gasteiger partial charge in [0, 0.05) is 0 Å². The van der Waals surface area contributed by atoms with Gasteiger partial charge in [-0.25, -0.2) is 4.79 Å². The van der Waals surface area contributed by atoms with Crippen LogP contribution in [0.1, 0.15) is 17.0 Å². The molecule has 0 saturated carbocycles. The number of hydrogen-bond acceptors (Lipinski definition) is 5. The normalized spacial score (nSPS) is 21.0. The zero-order valence-corrected chi connectivity index (χ0v) is 15.2. The Balaban J connectivity index is 2.04. The Morgan fingerprint density at radius 1 is 1.04 bits per heavy atom. The highest BCUT2D eigenvalue weighted by Crippen LogP contribution is 2.48. The van der Waals surface area contributed by atoms with Crippen LogP contribution in [0.3, 0.4) is 0 Å². The van der Waals surface area contributed by atoms with E-state index in [0.29, 0.717) is 11.1 Å². The lowest BCUT2D eigenvalue weighted by atomic mass is 9.73. The summed E-state index contributed by atoms with van der Waals surface area (Å²) >= 11 is 0. The van der Waals surface area contributed by atoms with Crippen molar-refractivity contribution in [3.63, 3.8) is 0 Å². The van der Waals surface area contributed by atoms with Gasteiger partial charge >= 0.3 is 5.97 Å². The molecule has 0 radical (unpaired) electrons. The molecule has 1 aliphatic rings. The fourth-order valence-corrected chi connectivity index (χ4v) is 4.04. The van der Waals surface area contributed by atoms with Crippen molar-refractivity contribution in [3.05, 3.63) is 106 Å². The second-order valence-corrected chi connectivity index (χ2v) is 6.64. The molecule has 3 aromatic rings. The summed E-state index contributed by atoms with van der Waals surface area (Å²) in [6.07, 6.45) is 1.32. The molecule has 0 bridgehead atoms. The molecule has 0 amide bonds. The number of methoxy groups -OCH3 is 1. The maximum Gasteiger partial charge on any atom is 0.337 e. The first-order chi connectivity index (χ1) is 13.6. The van der Waals surface area contributed by atoms with Crippen LogP contribution in [0.5, 0.6) is 0 Å². The highest BCUT2D eigenvalue weighted by molar-refractivity contribution is 5.91. The van der Waals surface area contributed by atoms with Gasteiger partial charge in [-0.2, -0.15) is 0 Å². The number of nitro groups is 1. The molecule has 28 heavy (non-hydrogen) atoms. The molecule has 0 spiro atoms. The lowest BCUT2D eigenvalue weighted by molar-refractivity contribution is -0.430. The summed E-state index contributed by atoms with van der Waals surface area (Å²) < 4.78 is 5.13. The van der Waals surface area contributed by atoms with Crippen LogP contribution in [0.15, 0.2) is 84.7 Å². The first-order valence-corrected chi connectivity index (χ1v) is 8.83. The van der Waals surface area contributed by atoms with E-state index in [1.807, 2.05) is 48.5 Å². The fraction of sp³-hybridized carbons (Fsp3) is 0.136. The zero-order chi connectivity index (χ0) is 19.7. The summed E-state index contributed by atoms with van der Waals surface area (Å²) in [5.74, 6) is -1.44. The number of nitrogens with one attached hydrogen (secondary N) is 1. The van der Waals surface area contributed by atoms with E-state index >= 15 is 0 Å². The van der Waals surface area contributed by atoms with Gasteiger partial charge in [0.25, 0.3) is 5.70 Å². The first kappa shape index (κ1) is 17.7. The van der Waals surface area contributed by atoms with Crippen molar-refractivity contribution in [2.75, 3.05) is 7.11 Å². The third-order valence-corrected chi connectivity index (χ3v) is 5.26. The lowest BCUT2D eigenvalue weighted by Crippen LogP contribution is -2.49. The molecule has 6 nitrogen and oxygen atoms in total. The molecule has 0 unspecified atom stereocenters. The van der Waals surface area contributed by atoms with Gasteiger partial charge in [0.05, 0.1) is 18.2 Å². The number of carbonyl (C=O) groups is 1. The predicted octanol–water partition coefficient (Wildman–Crippen LogP) is 3.71. The molecule has 1 aliphatic heterocycles. The van der Waals surface area contributed by atoms with Crippen molar-refractivity contribution in [1.82, 2.24) is 5.32 Å². The molecule has 140 valence electrons. The second-order valence-electron chi connectivity index (χ2n) is 6.64. The minimum Gasteiger partial charge on any atom is -0.467 e. The SMILES string of the molecule is COC(=O)[C@@]1(c2ccccc2)NC=C([N+](=O)[O-])[C@@H]1c1cccc2ccccc12. The molecule has 3 aromatic carbocycles. The van der Waals surface area contributed by atoms with E-state index in [-0.39, 0.29) is 5.70 Å². The highest BCUT2D eigenvalue weighted by Gasteiger charge is 2.58. The summed E-state index contributed by atoms with van der Waals surface area (Å²) in [5, 5.41) is 16.7. The molecule has 0 saturated heterocycles. The number of fused-ring (bicyclic) bond motifs is 1. The van der Waals surface area contributed by atoms with E-state index in [1.54, 1.807) is 24.3 Å². The number of hydrogen-bond donors (Lipinski definition) is 1. The molecule has 0 aliphatic carbocycles. The maximum absolute atomic E-state index is 13.1. The van der Waals surface area contributed by atoms with Crippen molar-refractivity contribution in [3.8, 4) is 0 Å². The van der Waals surface area contributed by atoms with Crippen molar-refractivity contribution >= 4 is 16.7 Å². The third-order valence-electron chi connectivity index (χ3n) is 5.26. The molecule has 1 N–H and O–H groups in total. The van der Waals surface area contributed by atoms with Gasteiger partial charge in [-0.05, 0) is 21.9 Å². The lowest BCUT2D eigenvalue weighted by Gasteiger charge is -2.33. The van der Waals surface area contributed by atoms with Crippen LogP contribution in [0, 0.1) is 10.1 Å². The maximum atomic E-state index is 13.1. The van der Waals surface area contributed by atoms with Gasteiger partial charge in [-0.3, -0.25) is 10.1 Å². The number of ether oxygens (including phenoxy) is 1. The molecular formula is C22H18N2O4. The van der Waals surface area contributed by atoms with E-state index < -0.39 is 22.3 Å². The van der Waals surface area contributed by atoms with Gasteiger partial charge in [-0.1, -0.05) is 72.8 Å². The van der Waals surface area contributed by atoms with Crippen LogP contribution in [-0.2, 0) is 15.1 Å². The van der Waals surface area contributed by atoms with Crippen LogP contribution in [0.25, 0.3) is 10.8 Å². The average Bonchev–Trinajstić information content (AvgIpc) is 3.15. The molecule has 1 heterocycles. The number of benzene rings is 3. The topological polar surface area (TPSA) is 81.5 Å². The molecule has 4 rings (SSSR count). The van der Waals surface area contributed by atoms with Crippen LogP contribution in [0.4, 0.5) is 0 Å². The molecule has 2 atom stereocenters. The smallest absolute Gasteiger partial charge is 0.337 e. The largest absolute Gasteiger partial charge is 0.467 e. The van der Waals surface area contributed by atoms with Crippen LogP contribution >= 0.6 is 0 Å². The number of rotatable bonds is 4. The molecular weight excluding hydrogens is 356 g/mol. The van der Waals surface area contributed by atoms with Crippen molar-refractivity contribution in [2.45, 2.75) is 11.5 Å². The Morgan fingerprint density at radius 3 is 2.43 bits per heavy atom. The molecule has 6 heteroatoms. The summed E-state index contributed by atoms with van der Waals surface area (Å²) in [6.45, 7) is 0. The number of nitrogens with zero attached hydrogens (tertiary/aromatic N) is 1. The third kappa shape index (κ3) is 2.53. The predicted molar refractivity (Wildman–Crippen MR) is 105 cm³/mol. The van der Waals surface area contributed by atoms with Crippen LogP contribution in [0.2, 0.25) is 0 Å². The summed E-state index contributed by atoms with van der Waals surface area (Å²) in [4.78, 5) is 24.5. The zero-order valence-electron chi connectivity index (χ0n) is 15.2. The Hall–Kier alpha value is -3.67. The van der Waals surface area contributed by atoms with Gasteiger partial charge in [-0.15, -0.1) is 0 Å². The minimum absolute atomic E-state index is 0.0781. The van der Waals surface area contributed by atoms with E-state index in [9.17, 15) is 14.9 Å². The van der Waals surface area contributed by atoms with Gasteiger partial charge in [0.1, 0.15) is 5.92 Å². The average molecular weight is 374 g/mol. The quantitative estimate of drug-likeness (QED) is 0.428. The Morgan fingerprint density at radius 2 is 1.71 bits per heavy atom. The van der Waals surface area contributed by atoms with Crippen molar-refractivity contribution < 1.29 is 14.5 Å². The van der Waals surface area contributed by atoms with E-state index in [0.717, 1.165) is 10.8 Å². The summed E-state index contributed by atoms with van der Waals surface area (Å²) in [7, 11) is 1.29. The standard InChI is InChI=1S/C22H18N2O4/c1-28-21(25)22(16-10-3-2-4-11-16)20(19(14-23-22)24(26)27)18-13-7-9-15-8-5-6-12-17(15)18/h2-14,20,23H,1H3/t20-,22-/m0/s1. The van der Waals surface area contributed by atoms with E-state index in [1.165, 1.54) is 13.3 Å². The molecule has 0 fully saturated rings. The minimum atomic E-state index is -1.43. The van der Waals surface area contributed by atoms with Gasteiger partial charge in [0.2, 0.25) is 0 Å². The van der Waals surface area contributed by atoms with Gasteiger partial charge in [0.15, 0.2) is 5.54 Å². The van der Waals surface area contributed by atoms with Gasteiger partial charge < -0.3 is 10.1 Å². The monoisotopic (exact) mass is 374 g/mol. The Kier molecular flexibility index (Phi) is 4.31. The number of carbonyl (C=O) groups excluding carboxylic acids is 1. The highest BCUT2D eigenvalue weighted by atomic mass is 16.6. The second kappa shape index (κ2) is 6.81. The summed E-state index contributed by atoms with van der Waals surface area (Å²) in [5.41, 5.74) is -0.207. The van der Waals surface area contributed by atoms with Crippen LogP contribution < -0.4 is 5.32 Å².